The van der Waals surface area contributed by atoms with Crippen molar-refractivity contribution in [2.75, 3.05) is 0 Å². The number of H-pyrrole nitrogens is 1. The van der Waals surface area contributed by atoms with Crippen molar-refractivity contribution in [2.24, 2.45) is 7.05 Å². The highest BCUT2D eigenvalue weighted by Crippen LogP contribution is 2.18. The van der Waals surface area contributed by atoms with Gasteiger partial charge in [0.2, 0.25) is 0 Å². The van der Waals surface area contributed by atoms with Gasteiger partial charge in [-0.3, -0.25) is 5.10 Å². The molecule has 72 valence electrons. The fourth-order valence-corrected chi connectivity index (χ4v) is 1.91. The first kappa shape index (κ1) is 9.85. The molecule has 2 aromatic rings. The summed E-state index contributed by atoms with van der Waals surface area (Å²) in [6, 6.07) is 8.15. The molecule has 0 amide bonds. The van der Waals surface area contributed by atoms with Crippen molar-refractivity contribution in [1.29, 1.82) is 0 Å². The summed E-state index contributed by atoms with van der Waals surface area (Å²) in [5, 5.41) is 6.94. The molecular formula is C9H8IN3S. The lowest BCUT2D eigenvalue weighted by atomic mass is 10.2. The number of hydrogen-bond donors (Lipinski definition) is 1. The van der Waals surface area contributed by atoms with E-state index >= 15 is 0 Å². The largest absolute Gasteiger partial charge is 0.303 e. The minimum absolute atomic E-state index is 0.638. The molecule has 0 aliphatic heterocycles. The van der Waals surface area contributed by atoms with Crippen molar-refractivity contribution < 1.29 is 0 Å². The lowest BCUT2D eigenvalue weighted by Gasteiger charge is -2.00. The predicted molar refractivity (Wildman–Crippen MR) is 66.5 cm³/mol. The molecule has 0 spiro atoms. The van der Waals surface area contributed by atoms with E-state index in [1.807, 2.05) is 29.8 Å². The number of aromatic nitrogens is 3. The molecule has 0 bridgehead atoms. The highest BCUT2D eigenvalue weighted by atomic mass is 127. The Morgan fingerprint density at radius 1 is 1.50 bits per heavy atom. The summed E-state index contributed by atoms with van der Waals surface area (Å²) in [6.07, 6.45) is 0. The molecule has 0 unspecified atom stereocenters. The van der Waals surface area contributed by atoms with Crippen molar-refractivity contribution in [3.05, 3.63) is 32.6 Å². The van der Waals surface area contributed by atoms with Crippen LogP contribution in [0, 0.1) is 8.34 Å². The lowest BCUT2D eigenvalue weighted by Crippen LogP contribution is -1.92. The standard InChI is InChI=1S/C9H8IN3S/c1-13-8(11-12-9(13)14)6-3-2-4-7(10)5-6/h2-5H,1H3,(H,12,14). The van der Waals surface area contributed by atoms with Crippen LogP contribution >= 0.6 is 34.8 Å². The summed E-state index contributed by atoms with van der Waals surface area (Å²) < 4.78 is 3.69. The van der Waals surface area contributed by atoms with Crippen LogP contribution in [0.5, 0.6) is 0 Å². The summed E-state index contributed by atoms with van der Waals surface area (Å²) >= 11 is 7.33. The van der Waals surface area contributed by atoms with Crippen molar-refractivity contribution in [3.63, 3.8) is 0 Å². The minimum atomic E-state index is 0.638. The molecule has 1 N–H and O–H groups in total. The van der Waals surface area contributed by atoms with Gasteiger partial charge in [0.15, 0.2) is 10.6 Å². The molecule has 1 heterocycles. The van der Waals surface area contributed by atoms with Crippen LogP contribution in [0.2, 0.25) is 0 Å². The first-order chi connectivity index (χ1) is 6.68. The monoisotopic (exact) mass is 317 g/mol. The predicted octanol–water partition coefficient (Wildman–Crippen LogP) is 2.75. The van der Waals surface area contributed by atoms with Crippen LogP contribution in [-0.2, 0) is 7.05 Å². The molecule has 0 fully saturated rings. The minimum Gasteiger partial charge on any atom is -0.303 e. The van der Waals surface area contributed by atoms with Gasteiger partial charge in [0, 0.05) is 16.2 Å². The number of hydrogen-bond acceptors (Lipinski definition) is 2. The van der Waals surface area contributed by atoms with Crippen LogP contribution < -0.4 is 0 Å². The Bertz CT molecular complexity index is 515. The highest BCUT2D eigenvalue weighted by Gasteiger charge is 2.04. The molecule has 14 heavy (non-hydrogen) atoms. The summed E-state index contributed by atoms with van der Waals surface area (Å²) in [5.41, 5.74) is 1.08. The fourth-order valence-electron chi connectivity index (χ4n) is 1.23. The summed E-state index contributed by atoms with van der Waals surface area (Å²) in [6.45, 7) is 0. The quantitative estimate of drug-likeness (QED) is 0.648. The first-order valence-electron chi connectivity index (χ1n) is 4.06. The van der Waals surface area contributed by atoms with Crippen molar-refractivity contribution in [1.82, 2.24) is 14.8 Å². The van der Waals surface area contributed by atoms with Crippen LogP contribution in [0.4, 0.5) is 0 Å². The Labute approximate surface area is 100 Å². The second-order valence-electron chi connectivity index (χ2n) is 2.92. The topological polar surface area (TPSA) is 33.6 Å². The van der Waals surface area contributed by atoms with E-state index in [1.165, 1.54) is 3.57 Å². The van der Waals surface area contributed by atoms with Gasteiger partial charge in [-0.25, -0.2) is 0 Å². The van der Waals surface area contributed by atoms with Crippen LogP contribution in [0.15, 0.2) is 24.3 Å². The Kier molecular flexibility index (Phi) is 2.69. The number of aromatic amines is 1. The zero-order valence-corrected chi connectivity index (χ0v) is 10.5. The zero-order valence-electron chi connectivity index (χ0n) is 7.49. The Hall–Kier alpha value is -0.690. The van der Waals surface area contributed by atoms with Gasteiger partial charge in [0.1, 0.15) is 0 Å². The maximum atomic E-state index is 5.05. The van der Waals surface area contributed by atoms with Gasteiger partial charge in [-0.2, -0.15) is 5.10 Å². The summed E-state index contributed by atoms with van der Waals surface area (Å²) in [4.78, 5) is 0. The van der Waals surface area contributed by atoms with Crippen LogP contribution in [-0.4, -0.2) is 14.8 Å². The first-order valence-corrected chi connectivity index (χ1v) is 5.54. The van der Waals surface area contributed by atoms with Gasteiger partial charge in [-0.15, -0.1) is 0 Å². The van der Waals surface area contributed by atoms with Gasteiger partial charge in [-0.05, 0) is 46.9 Å². The molecule has 3 nitrogen and oxygen atoms in total. The molecule has 0 radical (unpaired) electrons. The third kappa shape index (κ3) is 1.74. The molecule has 1 aromatic heterocycles. The fraction of sp³-hybridized carbons (Fsp3) is 0.111. The van der Waals surface area contributed by atoms with Crippen molar-refractivity contribution in [3.8, 4) is 11.4 Å². The average Bonchev–Trinajstić information content (AvgIpc) is 2.48. The molecule has 0 saturated heterocycles. The molecule has 0 aliphatic rings. The maximum Gasteiger partial charge on any atom is 0.195 e. The summed E-state index contributed by atoms with van der Waals surface area (Å²) in [5.74, 6) is 0.869. The van der Waals surface area contributed by atoms with Gasteiger partial charge in [0.25, 0.3) is 0 Å². The Morgan fingerprint density at radius 3 is 2.86 bits per heavy atom. The highest BCUT2D eigenvalue weighted by molar-refractivity contribution is 14.1. The molecule has 0 atom stereocenters. The zero-order chi connectivity index (χ0) is 10.1. The van der Waals surface area contributed by atoms with Crippen LogP contribution in [0.1, 0.15) is 0 Å². The van der Waals surface area contributed by atoms with E-state index in [9.17, 15) is 0 Å². The van der Waals surface area contributed by atoms with Crippen molar-refractivity contribution in [2.45, 2.75) is 0 Å². The van der Waals surface area contributed by atoms with E-state index in [0.717, 1.165) is 11.4 Å². The van der Waals surface area contributed by atoms with E-state index < -0.39 is 0 Å². The molecule has 0 aliphatic carbocycles. The molecule has 2 rings (SSSR count). The number of rotatable bonds is 1. The number of benzene rings is 1. The normalized spacial score (nSPS) is 10.4. The maximum absolute atomic E-state index is 5.05. The molecule has 0 saturated carbocycles. The number of nitrogens with one attached hydrogen (secondary N) is 1. The molecule has 5 heteroatoms. The Balaban J connectivity index is 2.60. The smallest absolute Gasteiger partial charge is 0.195 e. The number of halogens is 1. The average molecular weight is 317 g/mol. The van der Waals surface area contributed by atoms with E-state index in [0.29, 0.717) is 4.77 Å². The lowest BCUT2D eigenvalue weighted by molar-refractivity contribution is 0.902. The van der Waals surface area contributed by atoms with Crippen LogP contribution in [0.25, 0.3) is 11.4 Å². The SMILES string of the molecule is Cn1c(-c2cccc(I)c2)n[nH]c1=S. The van der Waals surface area contributed by atoms with Gasteiger partial charge in [-0.1, -0.05) is 12.1 Å². The molecule has 1 aromatic carbocycles. The second kappa shape index (κ2) is 3.82. The third-order valence-corrected chi connectivity index (χ3v) is 3.00. The van der Waals surface area contributed by atoms with E-state index in [1.54, 1.807) is 0 Å². The van der Waals surface area contributed by atoms with Gasteiger partial charge < -0.3 is 4.57 Å². The Morgan fingerprint density at radius 2 is 2.29 bits per heavy atom. The third-order valence-electron chi connectivity index (χ3n) is 1.96. The van der Waals surface area contributed by atoms with Gasteiger partial charge >= 0.3 is 0 Å². The van der Waals surface area contributed by atoms with E-state index in [2.05, 4.69) is 38.9 Å². The number of nitrogens with zero attached hydrogens (tertiary/aromatic N) is 2. The van der Waals surface area contributed by atoms with E-state index in [-0.39, 0.29) is 0 Å². The van der Waals surface area contributed by atoms with Crippen LogP contribution in [0.3, 0.4) is 0 Å². The summed E-state index contributed by atoms with van der Waals surface area (Å²) in [7, 11) is 1.90. The van der Waals surface area contributed by atoms with Gasteiger partial charge in [0.05, 0.1) is 0 Å². The molecular weight excluding hydrogens is 309 g/mol. The van der Waals surface area contributed by atoms with Crippen molar-refractivity contribution >= 4 is 34.8 Å². The van der Waals surface area contributed by atoms with E-state index in [4.69, 9.17) is 12.2 Å². The second-order valence-corrected chi connectivity index (χ2v) is 4.55.